The predicted octanol–water partition coefficient (Wildman–Crippen LogP) is 2.80. The smallest absolute Gasteiger partial charge is 0.282 e. The van der Waals surface area contributed by atoms with E-state index in [4.69, 9.17) is 11.6 Å². The molecule has 0 aliphatic carbocycles. The van der Waals surface area contributed by atoms with Crippen LogP contribution in [-0.2, 0) is 17.9 Å². The second kappa shape index (κ2) is 7.74. The number of hydrogen-bond acceptors (Lipinski definition) is 3. The zero-order valence-electron chi connectivity index (χ0n) is 13.8. The molecule has 132 valence electrons. The molecule has 0 spiro atoms. The van der Waals surface area contributed by atoms with Gasteiger partial charge in [0, 0.05) is 18.8 Å². The van der Waals surface area contributed by atoms with Gasteiger partial charge >= 0.3 is 0 Å². The van der Waals surface area contributed by atoms with Gasteiger partial charge in [-0.2, -0.15) is 10.2 Å². The van der Waals surface area contributed by atoms with E-state index in [1.165, 1.54) is 10.7 Å². The highest BCUT2D eigenvalue weighted by molar-refractivity contribution is 6.31. The van der Waals surface area contributed by atoms with Crippen LogP contribution in [0, 0.1) is 20.8 Å². The number of carbonyl (C=O) groups excluding carboxylic acids is 1. The first kappa shape index (κ1) is 18.4. The van der Waals surface area contributed by atoms with Crippen LogP contribution in [-0.4, -0.2) is 32.0 Å². The highest BCUT2D eigenvalue weighted by atomic mass is 35.5. The van der Waals surface area contributed by atoms with Gasteiger partial charge in [0.25, 0.3) is 6.43 Å². The highest BCUT2D eigenvalue weighted by Crippen LogP contribution is 2.19. The fourth-order valence-electron chi connectivity index (χ4n) is 2.34. The van der Waals surface area contributed by atoms with E-state index >= 15 is 0 Å². The Balaban J connectivity index is 1.78. The minimum absolute atomic E-state index is 0.0791. The topological polar surface area (TPSA) is 64.7 Å². The lowest BCUT2D eigenvalue weighted by atomic mass is 10.3. The number of nitrogens with zero attached hydrogens (tertiary/aromatic N) is 4. The van der Waals surface area contributed by atoms with Crippen LogP contribution in [0.5, 0.6) is 0 Å². The quantitative estimate of drug-likeness (QED) is 0.773. The molecule has 2 aromatic heterocycles. The van der Waals surface area contributed by atoms with Crippen molar-refractivity contribution in [1.29, 1.82) is 0 Å². The van der Waals surface area contributed by atoms with Gasteiger partial charge in [-0.1, -0.05) is 11.6 Å². The number of alkyl halides is 2. The molecular formula is C15H20ClF2N5O. The molecule has 9 heteroatoms. The molecule has 6 nitrogen and oxygen atoms in total. The molecule has 24 heavy (non-hydrogen) atoms. The third-order valence-corrected chi connectivity index (χ3v) is 4.23. The summed E-state index contributed by atoms with van der Waals surface area (Å²) in [5.41, 5.74) is 1.88. The van der Waals surface area contributed by atoms with Crippen molar-refractivity contribution >= 4 is 17.5 Å². The zero-order chi connectivity index (χ0) is 17.9. The molecule has 0 fully saturated rings. The zero-order valence-corrected chi connectivity index (χ0v) is 14.6. The number of halogens is 3. The summed E-state index contributed by atoms with van der Waals surface area (Å²) >= 11 is 6.07. The van der Waals surface area contributed by atoms with Gasteiger partial charge < -0.3 is 5.32 Å². The third-order valence-electron chi connectivity index (χ3n) is 3.68. The van der Waals surface area contributed by atoms with Gasteiger partial charge in [0.1, 0.15) is 12.2 Å². The molecule has 0 aliphatic rings. The van der Waals surface area contributed by atoms with Crippen LogP contribution < -0.4 is 5.32 Å². The van der Waals surface area contributed by atoms with Crippen LogP contribution in [0.4, 0.5) is 8.78 Å². The molecule has 2 heterocycles. The van der Waals surface area contributed by atoms with Gasteiger partial charge in [-0.05, 0) is 33.3 Å². The molecule has 1 amide bonds. The van der Waals surface area contributed by atoms with Crippen molar-refractivity contribution in [2.24, 2.45) is 0 Å². The number of nitrogens with one attached hydrogen (secondary N) is 1. The van der Waals surface area contributed by atoms with Gasteiger partial charge in [0.2, 0.25) is 5.91 Å². The van der Waals surface area contributed by atoms with E-state index in [-0.39, 0.29) is 18.1 Å². The minimum Gasteiger partial charge on any atom is -0.354 e. The summed E-state index contributed by atoms with van der Waals surface area (Å²) < 4.78 is 28.2. The van der Waals surface area contributed by atoms with Gasteiger partial charge in [0.15, 0.2) is 0 Å². The summed E-state index contributed by atoms with van der Waals surface area (Å²) in [6, 6.07) is 1.28. The molecule has 0 unspecified atom stereocenters. The summed E-state index contributed by atoms with van der Waals surface area (Å²) in [6.07, 6.45) is -1.95. The second-order valence-electron chi connectivity index (χ2n) is 5.58. The second-order valence-corrected chi connectivity index (χ2v) is 5.96. The fourth-order valence-corrected chi connectivity index (χ4v) is 2.48. The number of rotatable bonds is 7. The maximum Gasteiger partial charge on any atom is 0.282 e. The number of amides is 1. The molecule has 1 N–H and O–H groups in total. The van der Waals surface area contributed by atoms with Crippen LogP contribution in [0.15, 0.2) is 6.07 Å². The summed E-state index contributed by atoms with van der Waals surface area (Å²) in [6.45, 7) is 6.38. The Morgan fingerprint density at radius 2 is 2.00 bits per heavy atom. The van der Waals surface area contributed by atoms with Crippen LogP contribution in [0.3, 0.4) is 0 Å². The van der Waals surface area contributed by atoms with Crippen molar-refractivity contribution in [3.05, 3.63) is 33.9 Å². The van der Waals surface area contributed by atoms with Gasteiger partial charge in [-0.15, -0.1) is 0 Å². The summed E-state index contributed by atoms with van der Waals surface area (Å²) in [5, 5.41) is 11.4. The van der Waals surface area contributed by atoms with E-state index in [2.05, 4.69) is 15.5 Å². The molecule has 0 aliphatic heterocycles. The molecule has 0 saturated heterocycles. The average molecular weight is 360 g/mol. The van der Waals surface area contributed by atoms with E-state index in [1.54, 1.807) is 11.6 Å². The highest BCUT2D eigenvalue weighted by Gasteiger charge is 2.15. The van der Waals surface area contributed by atoms with E-state index in [0.29, 0.717) is 30.2 Å². The molecule has 2 aromatic rings. The lowest BCUT2D eigenvalue weighted by Gasteiger charge is -2.08. The Morgan fingerprint density at radius 3 is 2.54 bits per heavy atom. The van der Waals surface area contributed by atoms with E-state index in [1.807, 2.05) is 13.8 Å². The maximum absolute atomic E-state index is 12.6. The van der Waals surface area contributed by atoms with Crippen molar-refractivity contribution in [2.45, 2.75) is 46.7 Å². The van der Waals surface area contributed by atoms with E-state index < -0.39 is 6.43 Å². The van der Waals surface area contributed by atoms with Gasteiger partial charge in [-0.3, -0.25) is 14.2 Å². The Bertz CT molecular complexity index is 726. The molecule has 0 saturated carbocycles. The SMILES string of the molecule is Cc1nn(CCCNC(=O)Cn2nc(C(F)F)cc2C)c(C)c1Cl. The molecule has 2 rings (SSSR count). The Kier molecular flexibility index (Phi) is 5.93. The van der Waals surface area contributed by atoms with E-state index in [0.717, 1.165) is 11.4 Å². The molecule has 0 aromatic carbocycles. The van der Waals surface area contributed by atoms with Crippen molar-refractivity contribution in [1.82, 2.24) is 24.9 Å². The number of aromatic nitrogens is 4. The first-order chi connectivity index (χ1) is 11.3. The summed E-state index contributed by atoms with van der Waals surface area (Å²) in [4.78, 5) is 11.9. The van der Waals surface area contributed by atoms with Crippen LogP contribution in [0.2, 0.25) is 5.02 Å². The third kappa shape index (κ3) is 4.31. The number of carbonyl (C=O) groups is 1. The molecule has 0 bridgehead atoms. The van der Waals surface area contributed by atoms with Crippen LogP contribution >= 0.6 is 11.6 Å². The Hall–Kier alpha value is -1.96. The van der Waals surface area contributed by atoms with Crippen molar-refractivity contribution in [3.63, 3.8) is 0 Å². The van der Waals surface area contributed by atoms with Crippen LogP contribution in [0.1, 0.15) is 35.6 Å². The summed E-state index contributed by atoms with van der Waals surface area (Å²) in [7, 11) is 0. The Morgan fingerprint density at radius 1 is 1.29 bits per heavy atom. The van der Waals surface area contributed by atoms with Crippen LogP contribution in [0.25, 0.3) is 0 Å². The first-order valence-corrected chi connectivity index (χ1v) is 7.96. The normalized spacial score (nSPS) is 11.3. The monoisotopic (exact) mass is 359 g/mol. The van der Waals surface area contributed by atoms with Crippen molar-refractivity contribution in [2.75, 3.05) is 6.54 Å². The van der Waals surface area contributed by atoms with E-state index in [9.17, 15) is 13.6 Å². The molecule has 0 radical (unpaired) electrons. The average Bonchev–Trinajstić information content (AvgIpc) is 3.00. The number of aryl methyl sites for hydroxylation is 3. The van der Waals surface area contributed by atoms with Gasteiger partial charge in [0.05, 0.1) is 16.4 Å². The summed E-state index contributed by atoms with van der Waals surface area (Å²) in [5.74, 6) is -0.270. The van der Waals surface area contributed by atoms with Crippen molar-refractivity contribution in [3.8, 4) is 0 Å². The predicted molar refractivity (Wildman–Crippen MR) is 86.3 cm³/mol. The lowest BCUT2D eigenvalue weighted by Crippen LogP contribution is -2.29. The van der Waals surface area contributed by atoms with Crippen molar-refractivity contribution < 1.29 is 13.6 Å². The Labute approximate surface area is 143 Å². The fraction of sp³-hybridized carbons (Fsp3) is 0.533. The number of hydrogen-bond donors (Lipinski definition) is 1. The first-order valence-electron chi connectivity index (χ1n) is 7.58. The minimum atomic E-state index is -2.64. The standard InChI is InChI=1S/C15H20ClF2N5O/c1-9-7-12(15(17)18)21-23(9)8-13(24)19-5-4-6-22-11(3)14(16)10(2)20-22/h7,15H,4-6,8H2,1-3H3,(H,19,24). The maximum atomic E-state index is 12.6. The molecular weight excluding hydrogens is 340 g/mol. The molecule has 0 atom stereocenters. The van der Waals surface area contributed by atoms with Gasteiger partial charge in [-0.25, -0.2) is 8.78 Å². The lowest BCUT2D eigenvalue weighted by molar-refractivity contribution is -0.121. The largest absolute Gasteiger partial charge is 0.354 e.